The van der Waals surface area contributed by atoms with Crippen LogP contribution in [0.15, 0.2) is 51.2 Å². The molecule has 0 aliphatic rings. The summed E-state index contributed by atoms with van der Waals surface area (Å²) in [6.45, 7) is 4.11. The first-order valence-electron chi connectivity index (χ1n) is 6.62. The smallest absolute Gasteiger partial charge is 0.357 e. The minimum Gasteiger partial charge on any atom is -0.357 e. The van der Waals surface area contributed by atoms with Crippen molar-refractivity contribution in [3.8, 4) is 0 Å². The second-order valence-corrected chi connectivity index (χ2v) is 6.61. The van der Waals surface area contributed by atoms with Crippen LogP contribution < -0.4 is 10.9 Å². The molecule has 122 valence electrons. The van der Waals surface area contributed by atoms with Gasteiger partial charge < -0.3 is 5.32 Å². The van der Waals surface area contributed by atoms with Gasteiger partial charge >= 0.3 is 11.2 Å². The Bertz CT molecular complexity index is 983. The molecule has 3 heterocycles. The van der Waals surface area contributed by atoms with E-state index in [1.165, 1.54) is 17.5 Å². The standard InChI is InChI=1S/C13H10N6O3S2/c1-2-6-14-12-16-17-13(24-12)23-10-9(19(21)22)11(20)18-7-4-3-5-8(18)15-10/h2-5,7H,1,6H2,(H,14,16). The third-order valence-electron chi connectivity index (χ3n) is 2.85. The summed E-state index contributed by atoms with van der Waals surface area (Å²) in [5.74, 6) is 0. The van der Waals surface area contributed by atoms with E-state index in [-0.39, 0.29) is 5.03 Å². The molecule has 0 aliphatic heterocycles. The van der Waals surface area contributed by atoms with Crippen LogP contribution in [0, 0.1) is 10.1 Å². The highest BCUT2D eigenvalue weighted by Crippen LogP contribution is 2.34. The lowest BCUT2D eigenvalue weighted by atomic mass is 10.4. The normalized spacial score (nSPS) is 10.7. The Morgan fingerprint density at radius 1 is 1.46 bits per heavy atom. The third-order valence-corrected chi connectivity index (χ3v) is 4.76. The second kappa shape index (κ2) is 6.76. The van der Waals surface area contributed by atoms with E-state index in [1.807, 2.05) is 0 Å². The van der Waals surface area contributed by atoms with Crippen molar-refractivity contribution in [3.05, 3.63) is 57.5 Å². The maximum Gasteiger partial charge on any atom is 0.366 e. The summed E-state index contributed by atoms with van der Waals surface area (Å²) in [6, 6.07) is 4.91. The number of hydrogen-bond acceptors (Lipinski definition) is 9. The lowest BCUT2D eigenvalue weighted by Crippen LogP contribution is -2.19. The summed E-state index contributed by atoms with van der Waals surface area (Å²) in [4.78, 5) is 27.1. The number of nitro groups is 1. The predicted octanol–water partition coefficient (Wildman–Crippen LogP) is 2.20. The number of nitrogens with zero attached hydrogens (tertiary/aromatic N) is 5. The van der Waals surface area contributed by atoms with Gasteiger partial charge in [-0.25, -0.2) is 4.98 Å². The van der Waals surface area contributed by atoms with Crippen molar-refractivity contribution in [2.24, 2.45) is 0 Å². The van der Waals surface area contributed by atoms with Gasteiger partial charge in [0.2, 0.25) is 5.13 Å². The van der Waals surface area contributed by atoms with Crippen LogP contribution in [0.25, 0.3) is 5.65 Å². The van der Waals surface area contributed by atoms with E-state index in [1.54, 1.807) is 24.3 Å². The van der Waals surface area contributed by atoms with E-state index in [2.05, 4.69) is 27.1 Å². The molecule has 0 unspecified atom stereocenters. The van der Waals surface area contributed by atoms with E-state index in [0.29, 0.717) is 21.7 Å². The summed E-state index contributed by atoms with van der Waals surface area (Å²) < 4.78 is 1.58. The Morgan fingerprint density at radius 2 is 2.29 bits per heavy atom. The van der Waals surface area contributed by atoms with Crippen LogP contribution in [0.3, 0.4) is 0 Å². The van der Waals surface area contributed by atoms with Crippen molar-refractivity contribution < 1.29 is 4.92 Å². The molecule has 0 saturated carbocycles. The topological polar surface area (TPSA) is 115 Å². The van der Waals surface area contributed by atoms with Gasteiger partial charge in [0.25, 0.3) is 0 Å². The fourth-order valence-corrected chi connectivity index (χ4v) is 3.62. The monoisotopic (exact) mass is 362 g/mol. The maximum absolute atomic E-state index is 12.3. The maximum atomic E-state index is 12.3. The molecule has 3 aromatic heterocycles. The Morgan fingerprint density at radius 3 is 3.04 bits per heavy atom. The zero-order valence-electron chi connectivity index (χ0n) is 12.1. The van der Waals surface area contributed by atoms with Gasteiger partial charge in [0.05, 0.1) is 4.92 Å². The van der Waals surface area contributed by atoms with Crippen molar-refractivity contribution in [1.29, 1.82) is 0 Å². The van der Waals surface area contributed by atoms with Gasteiger partial charge in [-0.2, -0.15) is 0 Å². The van der Waals surface area contributed by atoms with Gasteiger partial charge in [-0.15, -0.1) is 16.8 Å². The number of rotatable bonds is 6. The molecule has 9 nitrogen and oxygen atoms in total. The Labute approximate surface area is 143 Å². The van der Waals surface area contributed by atoms with Gasteiger partial charge in [0, 0.05) is 12.7 Å². The van der Waals surface area contributed by atoms with Crippen molar-refractivity contribution in [2.75, 3.05) is 11.9 Å². The van der Waals surface area contributed by atoms with Crippen molar-refractivity contribution in [1.82, 2.24) is 19.6 Å². The van der Waals surface area contributed by atoms with Crippen LogP contribution in [-0.4, -0.2) is 31.1 Å². The zero-order chi connectivity index (χ0) is 17.1. The fourth-order valence-electron chi connectivity index (χ4n) is 1.85. The van der Waals surface area contributed by atoms with Crippen LogP contribution in [0.2, 0.25) is 0 Å². The Balaban J connectivity index is 2.03. The minimum atomic E-state index is -0.734. The molecule has 0 atom stereocenters. The number of fused-ring (bicyclic) bond motifs is 1. The van der Waals surface area contributed by atoms with E-state index in [0.717, 1.165) is 16.2 Å². The molecule has 1 N–H and O–H groups in total. The molecule has 0 aromatic carbocycles. The average Bonchev–Trinajstić information content (AvgIpc) is 3.00. The molecule has 3 aromatic rings. The van der Waals surface area contributed by atoms with Gasteiger partial charge in [-0.1, -0.05) is 23.5 Å². The van der Waals surface area contributed by atoms with E-state index in [4.69, 9.17) is 0 Å². The summed E-state index contributed by atoms with van der Waals surface area (Å²) in [6.07, 6.45) is 3.11. The van der Waals surface area contributed by atoms with Crippen LogP contribution in [0.1, 0.15) is 0 Å². The summed E-state index contributed by atoms with van der Waals surface area (Å²) in [5.41, 5.74) is -0.993. The average molecular weight is 362 g/mol. The molecule has 0 bridgehead atoms. The first-order valence-corrected chi connectivity index (χ1v) is 8.25. The van der Waals surface area contributed by atoms with E-state index >= 15 is 0 Å². The molecule has 0 fully saturated rings. The summed E-state index contributed by atoms with van der Waals surface area (Å²) >= 11 is 2.15. The second-order valence-electron chi connectivity index (χ2n) is 4.40. The minimum absolute atomic E-state index is 0.0115. The molecule has 0 radical (unpaired) electrons. The molecule has 0 aliphatic carbocycles. The molecular formula is C13H10N6O3S2. The van der Waals surface area contributed by atoms with Crippen molar-refractivity contribution in [3.63, 3.8) is 0 Å². The predicted molar refractivity (Wildman–Crippen MR) is 90.8 cm³/mol. The zero-order valence-corrected chi connectivity index (χ0v) is 13.7. The quantitative estimate of drug-likeness (QED) is 0.307. The summed E-state index contributed by atoms with van der Waals surface area (Å²) in [5, 5.41) is 22.7. The molecule has 0 amide bonds. The number of nitrogens with one attached hydrogen (secondary N) is 1. The number of anilines is 1. The van der Waals surface area contributed by atoms with Gasteiger partial charge in [-0.3, -0.25) is 19.3 Å². The van der Waals surface area contributed by atoms with E-state index in [9.17, 15) is 14.9 Å². The van der Waals surface area contributed by atoms with Crippen LogP contribution in [-0.2, 0) is 0 Å². The van der Waals surface area contributed by atoms with Crippen LogP contribution in [0.5, 0.6) is 0 Å². The Kier molecular flexibility index (Phi) is 4.53. The highest BCUT2D eigenvalue weighted by atomic mass is 32.2. The fraction of sp³-hybridized carbons (Fsp3) is 0.0769. The third kappa shape index (κ3) is 3.12. The highest BCUT2D eigenvalue weighted by molar-refractivity contribution is 8.01. The molecule has 11 heteroatoms. The van der Waals surface area contributed by atoms with Crippen LogP contribution >= 0.6 is 23.1 Å². The lowest BCUT2D eigenvalue weighted by molar-refractivity contribution is -0.389. The number of aromatic nitrogens is 4. The van der Waals surface area contributed by atoms with Gasteiger partial charge in [0.1, 0.15) is 5.65 Å². The van der Waals surface area contributed by atoms with Gasteiger partial charge in [0.15, 0.2) is 9.37 Å². The molecule has 0 saturated heterocycles. The first-order chi connectivity index (χ1) is 11.6. The Hall–Kier alpha value is -2.79. The molecule has 0 spiro atoms. The first kappa shape index (κ1) is 16.1. The molecular weight excluding hydrogens is 352 g/mol. The van der Waals surface area contributed by atoms with Crippen molar-refractivity contribution in [2.45, 2.75) is 9.37 Å². The highest BCUT2D eigenvalue weighted by Gasteiger charge is 2.25. The SMILES string of the molecule is C=CCNc1nnc(Sc2nc3ccccn3c(=O)c2[N+](=O)[O-])s1. The number of pyridine rings is 1. The van der Waals surface area contributed by atoms with Gasteiger partial charge in [-0.05, 0) is 23.9 Å². The lowest BCUT2D eigenvalue weighted by Gasteiger charge is -2.03. The number of hydrogen-bond donors (Lipinski definition) is 1. The van der Waals surface area contributed by atoms with E-state index < -0.39 is 16.2 Å². The molecule has 3 rings (SSSR count). The van der Waals surface area contributed by atoms with Crippen LogP contribution in [0.4, 0.5) is 10.8 Å². The van der Waals surface area contributed by atoms with Crippen molar-refractivity contribution >= 4 is 39.6 Å². The molecule has 24 heavy (non-hydrogen) atoms. The largest absolute Gasteiger partial charge is 0.366 e. The summed E-state index contributed by atoms with van der Waals surface area (Å²) in [7, 11) is 0.